The lowest BCUT2D eigenvalue weighted by Crippen LogP contribution is -2.17. The monoisotopic (exact) mass is 519 g/mol. The highest BCUT2D eigenvalue weighted by Crippen LogP contribution is 2.26. The van der Waals surface area contributed by atoms with Crippen molar-refractivity contribution in [2.24, 2.45) is 0 Å². The minimum atomic E-state index is -4.81. The Labute approximate surface area is 208 Å². The van der Waals surface area contributed by atoms with E-state index in [9.17, 15) is 27.6 Å². The zero-order valence-electron chi connectivity index (χ0n) is 18.8. The maximum absolute atomic E-state index is 12.6. The van der Waals surface area contributed by atoms with E-state index < -0.39 is 36.4 Å². The fourth-order valence-electron chi connectivity index (χ4n) is 3.00. The van der Waals surface area contributed by atoms with E-state index in [1.54, 1.807) is 42.5 Å². The SMILES string of the molecule is COc1ccccc1C(=O)COC(=O)c1ccccc1SCC(=O)Nc1ccc(OC(F)(F)F)cc1. The molecule has 36 heavy (non-hydrogen) atoms. The topological polar surface area (TPSA) is 90.9 Å². The van der Waals surface area contributed by atoms with Gasteiger partial charge in [-0.2, -0.15) is 0 Å². The molecular formula is C25H20F3NO6S. The van der Waals surface area contributed by atoms with Crippen LogP contribution in [0.3, 0.4) is 0 Å². The molecule has 0 fully saturated rings. The van der Waals surface area contributed by atoms with E-state index in [0.717, 1.165) is 23.9 Å². The number of amides is 1. The Hall–Kier alpha value is -3.99. The number of esters is 1. The van der Waals surface area contributed by atoms with Crippen LogP contribution >= 0.6 is 11.8 Å². The van der Waals surface area contributed by atoms with Gasteiger partial charge in [0.2, 0.25) is 11.7 Å². The van der Waals surface area contributed by atoms with Crippen LogP contribution in [0.1, 0.15) is 20.7 Å². The summed E-state index contributed by atoms with van der Waals surface area (Å²) in [5.74, 6) is -1.75. The zero-order valence-corrected chi connectivity index (χ0v) is 19.7. The van der Waals surface area contributed by atoms with Gasteiger partial charge in [-0.05, 0) is 48.5 Å². The third-order valence-electron chi connectivity index (χ3n) is 4.58. The van der Waals surface area contributed by atoms with Crippen molar-refractivity contribution in [3.05, 3.63) is 83.9 Å². The molecule has 0 unspecified atom stereocenters. The number of nitrogens with one attached hydrogen (secondary N) is 1. The van der Waals surface area contributed by atoms with Gasteiger partial charge in [0.05, 0.1) is 24.0 Å². The fourth-order valence-corrected chi connectivity index (χ4v) is 3.84. The average molecular weight is 519 g/mol. The first-order valence-electron chi connectivity index (χ1n) is 10.4. The van der Waals surface area contributed by atoms with Crippen molar-refractivity contribution in [1.82, 2.24) is 0 Å². The minimum absolute atomic E-state index is 0.0920. The van der Waals surface area contributed by atoms with Gasteiger partial charge in [0.15, 0.2) is 6.61 Å². The maximum atomic E-state index is 12.6. The molecule has 11 heteroatoms. The normalized spacial score (nSPS) is 10.9. The van der Waals surface area contributed by atoms with Crippen LogP contribution in [-0.4, -0.2) is 43.5 Å². The number of rotatable bonds is 10. The third kappa shape index (κ3) is 7.77. The first kappa shape index (κ1) is 26.6. The number of hydrogen-bond donors (Lipinski definition) is 1. The fraction of sp³-hybridized carbons (Fsp3) is 0.160. The van der Waals surface area contributed by atoms with E-state index >= 15 is 0 Å². The molecule has 0 bridgehead atoms. The molecule has 3 aromatic carbocycles. The number of Topliss-reactive ketones (excluding diaryl/α,β-unsaturated/α-hetero) is 1. The molecule has 3 aromatic rings. The number of ketones is 1. The van der Waals surface area contributed by atoms with Crippen LogP contribution in [-0.2, 0) is 9.53 Å². The third-order valence-corrected chi connectivity index (χ3v) is 5.65. The van der Waals surface area contributed by atoms with Crippen molar-refractivity contribution >= 4 is 35.1 Å². The summed E-state index contributed by atoms with van der Waals surface area (Å²) in [7, 11) is 1.43. The van der Waals surface area contributed by atoms with Crippen LogP contribution in [0.15, 0.2) is 77.7 Å². The summed E-state index contributed by atoms with van der Waals surface area (Å²) in [6.07, 6.45) is -4.81. The standard InChI is InChI=1S/C25H20F3NO6S/c1-33-21-8-4-2-6-18(21)20(30)14-34-24(32)19-7-3-5-9-22(19)36-15-23(31)29-16-10-12-17(13-11-16)35-25(26,27)28/h2-13H,14-15H2,1H3,(H,29,31). The van der Waals surface area contributed by atoms with Crippen LogP contribution in [0.4, 0.5) is 18.9 Å². The molecule has 0 spiro atoms. The summed E-state index contributed by atoms with van der Waals surface area (Å²) < 4.78 is 50.9. The lowest BCUT2D eigenvalue weighted by Gasteiger charge is -2.11. The Morgan fingerprint density at radius 3 is 2.19 bits per heavy atom. The molecule has 1 amide bonds. The predicted octanol–water partition coefficient (Wildman–Crippen LogP) is 5.36. The Kier molecular flexibility index (Phi) is 8.96. The summed E-state index contributed by atoms with van der Waals surface area (Å²) in [5, 5.41) is 2.55. The van der Waals surface area contributed by atoms with Gasteiger partial charge in [-0.25, -0.2) is 4.79 Å². The number of carbonyl (C=O) groups excluding carboxylic acids is 3. The van der Waals surface area contributed by atoms with Gasteiger partial charge >= 0.3 is 12.3 Å². The first-order chi connectivity index (χ1) is 17.2. The summed E-state index contributed by atoms with van der Waals surface area (Å²) >= 11 is 1.06. The van der Waals surface area contributed by atoms with Crippen molar-refractivity contribution in [2.75, 3.05) is 24.8 Å². The molecule has 1 N–H and O–H groups in total. The second kappa shape index (κ2) is 12.1. The molecule has 7 nitrogen and oxygen atoms in total. The van der Waals surface area contributed by atoms with E-state index in [4.69, 9.17) is 9.47 Å². The van der Waals surface area contributed by atoms with Gasteiger partial charge in [-0.3, -0.25) is 9.59 Å². The summed E-state index contributed by atoms with van der Waals surface area (Å²) in [4.78, 5) is 37.8. The summed E-state index contributed by atoms with van der Waals surface area (Å²) in [6.45, 7) is -0.493. The second-order valence-electron chi connectivity index (χ2n) is 7.10. The van der Waals surface area contributed by atoms with Crippen molar-refractivity contribution in [1.29, 1.82) is 0 Å². The number of benzene rings is 3. The van der Waals surface area contributed by atoms with Crippen molar-refractivity contribution in [3.63, 3.8) is 0 Å². The van der Waals surface area contributed by atoms with Gasteiger partial charge < -0.3 is 19.5 Å². The van der Waals surface area contributed by atoms with Crippen molar-refractivity contribution < 1.29 is 41.8 Å². The van der Waals surface area contributed by atoms with E-state index in [-0.39, 0.29) is 22.6 Å². The molecule has 0 aliphatic heterocycles. The number of thioether (sulfide) groups is 1. The lowest BCUT2D eigenvalue weighted by atomic mass is 10.1. The Morgan fingerprint density at radius 2 is 1.53 bits per heavy atom. The maximum Gasteiger partial charge on any atom is 0.573 e. The number of halogens is 3. The van der Waals surface area contributed by atoms with Crippen molar-refractivity contribution in [3.8, 4) is 11.5 Å². The highest BCUT2D eigenvalue weighted by molar-refractivity contribution is 8.00. The molecule has 0 heterocycles. The largest absolute Gasteiger partial charge is 0.573 e. The lowest BCUT2D eigenvalue weighted by molar-refractivity contribution is -0.274. The van der Waals surface area contributed by atoms with Crippen LogP contribution in [0.2, 0.25) is 0 Å². The van der Waals surface area contributed by atoms with E-state index in [0.29, 0.717) is 10.6 Å². The molecule has 0 aliphatic carbocycles. The van der Waals surface area contributed by atoms with Crippen molar-refractivity contribution in [2.45, 2.75) is 11.3 Å². The first-order valence-corrected chi connectivity index (χ1v) is 11.4. The molecule has 0 saturated heterocycles. The number of hydrogen-bond acceptors (Lipinski definition) is 7. The van der Waals surface area contributed by atoms with Gasteiger partial charge in [-0.15, -0.1) is 24.9 Å². The smallest absolute Gasteiger partial charge is 0.496 e. The van der Waals surface area contributed by atoms with Gasteiger partial charge in [0.25, 0.3) is 0 Å². The number of methoxy groups -OCH3 is 1. The number of ether oxygens (including phenoxy) is 3. The zero-order chi connectivity index (χ0) is 26.1. The van der Waals surface area contributed by atoms with Gasteiger partial charge in [0, 0.05) is 10.6 Å². The Bertz CT molecular complexity index is 1230. The molecule has 0 aliphatic rings. The predicted molar refractivity (Wildman–Crippen MR) is 127 cm³/mol. The summed E-state index contributed by atoms with van der Waals surface area (Å²) in [5.41, 5.74) is 0.736. The van der Waals surface area contributed by atoms with Crippen LogP contribution in [0.25, 0.3) is 0 Å². The Balaban J connectivity index is 1.55. The van der Waals surface area contributed by atoms with E-state index in [1.807, 2.05) is 0 Å². The second-order valence-corrected chi connectivity index (χ2v) is 8.12. The number of alkyl halides is 3. The van der Waals surface area contributed by atoms with Crippen LogP contribution in [0, 0.1) is 0 Å². The molecular weight excluding hydrogens is 499 g/mol. The average Bonchev–Trinajstić information content (AvgIpc) is 2.86. The molecule has 0 radical (unpaired) electrons. The van der Waals surface area contributed by atoms with E-state index in [2.05, 4.69) is 10.1 Å². The minimum Gasteiger partial charge on any atom is -0.496 e. The van der Waals surface area contributed by atoms with Gasteiger partial charge in [-0.1, -0.05) is 24.3 Å². The highest BCUT2D eigenvalue weighted by Gasteiger charge is 2.31. The van der Waals surface area contributed by atoms with Gasteiger partial charge in [0.1, 0.15) is 11.5 Å². The number of carbonyl (C=O) groups is 3. The number of anilines is 1. The molecule has 3 rings (SSSR count). The summed E-state index contributed by atoms with van der Waals surface area (Å²) in [6, 6.07) is 17.7. The van der Waals surface area contributed by atoms with Crippen LogP contribution < -0.4 is 14.8 Å². The molecule has 0 atom stereocenters. The Morgan fingerprint density at radius 1 is 0.889 bits per heavy atom. The molecule has 0 saturated carbocycles. The quantitative estimate of drug-likeness (QED) is 0.219. The van der Waals surface area contributed by atoms with Crippen LogP contribution in [0.5, 0.6) is 11.5 Å². The number of para-hydroxylation sites is 1. The highest BCUT2D eigenvalue weighted by atomic mass is 32.2. The van der Waals surface area contributed by atoms with E-state index in [1.165, 1.54) is 25.3 Å². The molecule has 188 valence electrons. The molecule has 0 aromatic heterocycles.